The first kappa shape index (κ1) is 28.7. The van der Waals surface area contributed by atoms with Crippen LogP contribution in [0.4, 0.5) is 0 Å². The van der Waals surface area contributed by atoms with Crippen LogP contribution in [0.3, 0.4) is 0 Å². The second kappa shape index (κ2) is 11.2. The molecule has 0 bridgehead atoms. The monoisotopic (exact) mass is 665 g/mol. The summed E-state index contributed by atoms with van der Waals surface area (Å²) in [5, 5.41) is 7.47. The van der Waals surface area contributed by atoms with E-state index >= 15 is 0 Å². The summed E-state index contributed by atoms with van der Waals surface area (Å²) in [6, 6.07) is 55.9. The fourth-order valence-electron chi connectivity index (χ4n) is 7.78. The fraction of sp³-hybridized carbons (Fsp3) is 0. The second-order valence-electron chi connectivity index (χ2n) is 13.1. The van der Waals surface area contributed by atoms with Crippen molar-refractivity contribution >= 4 is 65.6 Å². The van der Waals surface area contributed by atoms with E-state index in [1.54, 1.807) is 0 Å². The van der Waals surface area contributed by atoms with Gasteiger partial charge in [-0.05, 0) is 36.4 Å². The van der Waals surface area contributed by atoms with Crippen molar-refractivity contribution in [3.63, 3.8) is 0 Å². The third-order valence-corrected chi connectivity index (χ3v) is 10.1. The van der Waals surface area contributed by atoms with E-state index in [1.807, 2.05) is 66.7 Å². The van der Waals surface area contributed by atoms with Crippen LogP contribution in [-0.4, -0.2) is 15.0 Å². The van der Waals surface area contributed by atoms with Gasteiger partial charge in [0.2, 0.25) is 0 Å². The molecule has 0 aliphatic rings. The molecule has 242 valence electrons. The van der Waals surface area contributed by atoms with E-state index in [-0.39, 0.29) is 0 Å². The highest BCUT2D eigenvalue weighted by molar-refractivity contribution is 6.29. The van der Waals surface area contributed by atoms with Crippen LogP contribution in [0.25, 0.3) is 111 Å². The number of aromatic nitrogens is 3. The van der Waals surface area contributed by atoms with Crippen LogP contribution in [0.15, 0.2) is 173 Å². The van der Waals surface area contributed by atoms with Crippen molar-refractivity contribution in [3.8, 4) is 45.2 Å². The maximum Gasteiger partial charge on any atom is 0.160 e. The molecule has 0 aliphatic heterocycles. The maximum atomic E-state index is 6.41. The number of fused-ring (bicyclic) bond motifs is 10. The lowest BCUT2D eigenvalue weighted by Crippen LogP contribution is -1.98. The van der Waals surface area contributed by atoms with Crippen LogP contribution < -0.4 is 0 Å². The Bertz CT molecular complexity index is 3180. The van der Waals surface area contributed by atoms with Crippen molar-refractivity contribution in [2.24, 2.45) is 0 Å². The zero-order valence-corrected chi connectivity index (χ0v) is 27.7. The van der Waals surface area contributed by atoms with Crippen LogP contribution in [0.2, 0.25) is 0 Å². The highest BCUT2D eigenvalue weighted by atomic mass is 16.3. The predicted octanol–water partition coefficient (Wildman–Crippen LogP) is 12.6. The maximum absolute atomic E-state index is 6.41. The first-order chi connectivity index (χ1) is 25.8. The lowest BCUT2D eigenvalue weighted by molar-refractivity contribution is 0.668. The molecule has 5 nitrogen and oxygen atoms in total. The first-order valence-electron chi connectivity index (χ1n) is 17.4. The van der Waals surface area contributed by atoms with Gasteiger partial charge in [-0.25, -0.2) is 15.0 Å². The molecule has 0 N–H and O–H groups in total. The predicted molar refractivity (Wildman–Crippen MR) is 211 cm³/mol. The largest absolute Gasteiger partial charge is 0.456 e. The molecule has 4 heterocycles. The fourth-order valence-corrected chi connectivity index (χ4v) is 7.78. The van der Waals surface area contributed by atoms with Gasteiger partial charge >= 0.3 is 0 Å². The Labute approximate surface area is 297 Å². The van der Waals surface area contributed by atoms with Gasteiger partial charge < -0.3 is 8.83 Å². The van der Waals surface area contributed by atoms with E-state index in [2.05, 4.69) is 97.1 Å². The smallest absolute Gasteiger partial charge is 0.160 e. The minimum atomic E-state index is 0.641. The summed E-state index contributed by atoms with van der Waals surface area (Å²) >= 11 is 0. The van der Waals surface area contributed by atoms with Gasteiger partial charge in [0.15, 0.2) is 5.82 Å². The molecular weight excluding hydrogens is 639 g/mol. The van der Waals surface area contributed by atoms with E-state index in [4.69, 9.17) is 23.8 Å². The molecule has 11 rings (SSSR count). The SMILES string of the molecule is c1ccc(-c2nc(-c3cccc4c3nc(-c3ccccc3)c3ccc5oc6ccccc6c5c34)cc(-c3cccc4oc5ccccc5c34)n2)cc1. The number of para-hydroxylation sites is 3. The summed E-state index contributed by atoms with van der Waals surface area (Å²) in [7, 11) is 0. The van der Waals surface area contributed by atoms with Gasteiger partial charge in [0, 0.05) is 60.0 Å². The average molecular weight is 666 g/mol. The van der Waals surface area contributed by atoms with Crippen LogP contribution in [0, 0.1) is 0 Å². The Hall–Kier alpha value is -7.11. The molecule has 4 aromatic heterocycles. The molecule has 0 radical (unpaired) electrons. The molecule has 0 atom stereocenters. The minimum absolute atomic E-state index is 0.641. The van der Waals surface area contributed by atoms with Crippen molar-refractivity contribution in [1.29, 1.82) is 0 Å². The topological polar surface area (TPSA) is 65.0 Å². The van der Waals surface area contributed by atoms with Crippen LogP contribution in [0.5, 0.6) is 0 Å². The van der Waals surface area contributed by atoms with Gasteiger partial charge in [-0.3, -0.25) is 0 Å². The highest BCUT2D eigenvalue weighted by Gasteiger charge is 2.21. The molecular formula is C47H27N3O2. The molecule has 0 saturated heterocycles. The van der Waals surface area contributed by atoms with E-state index in [1.165, 1.54) is 0 Å². The van der Waals surface area contributed by atoms with Crippen LogP contribution in [0.1, 0.15) is 0 Å². The van der Waals surface area contributed by atoms with Crippen LogP contribution in [-0.2, 0) is 0 Å². The summed E-state index contributed by atoms with van der Waals surface area (Å²) in [6.07, 6.45) is 0. The van der Waals surface area contributed by atoms with Gasteiger partial charge in [0.25, 0.3) is 0 Å². The number of furan rings is 2. The molecule has 0 unspecified atom stereocenters. The number of benzene rings is 7. The Morgan fingerprint density at radius 2 is 0.904 bits per heavy atom. The van der Waals surface area contributed by atoms with Crippen molar-refractivity contribution < 1.29 is 8.83 Å². The van der Waals surface area contributed by atoms with Crippen molar-refractivity contribution in [2.75, 3.05) is 0 Å². The number of pyridine rings is 1. The number of nitrogens with zero attached hydrogens (tertiary/aromatic N) is 3. The average Bonchev–Trinajstić information content (AvgIpc) is 3.79. The molecule has 0 spiro atoms. The summed E-state index contributed by atoms with van der Waals surface area (Å²) in [5.41, 5.74) is 10.6. The summed E-state index contributed by atoms with van der Waals surface area (Å²) in [5.74, 6) is 0.641. The summed E-state index contributed by atoms with van der Waals surface area (Å²) < 4.78 is 12.7. The summed E-state index contributed by atoms with van der Waals surface area (Å²) in [4.78, 5) is 16.0. The Morgan fingerprint density at radius 3 is 1.65 bits per heavy atom. The first-order valence-corrected chi connectivity index (χ1v) is 17.4. The standard InChI is InChI=1S/C47H27N3O2/c1-3-13-28(14-4-1)45-35-25-26-41-44(33-18-8-10-23-39(33)52-41)43(35)34-21-11-20-31(46(34)50-45)37-27-36(48-47(49-37)29-15-5-2-6-16-29)30-19-12-24-40-42(30)32-17-7-9-22-38(32)51-40/h1-27H. The third kappa shape index (κ3) is 4.33. The lowest BCUT2D eigenvalue weighted by atomic mass is 9.94. The normalized spacial score (nSPS) is 11.8. The molecule has 5 heteroatoms. The van der Waals surface area contributed by atoms with Gasteiger partial charge in [0.05, 0.1) is 22.6 Å². The number of hydrogen-bond acceptors (Lipinski definition) is 5. The summed E-state index contributed by atoms with van der Waals surface area (Å²) in [6.45, 7) is 0. The Balaban J connectivity index is 1.26. The Morgan fingerprint density at radius 1 is 0.346 bits per heavy atom. The molecule has 0 amide bonds. The number of rotatable bonds is 4. The minimum Gasteiger partial charge on any atom is -0.456 e. The Kier molecular flexibility index (Phi) is 6.18. The van der Waals surface area contributed by atoms with E-state index in [0.29, 0.717) is 5.82 Å². The quantitative estimate of drug-likeness (QED) is 0.175. The highest BCUT2D eigenvalue weighted by Crippen LogP contribution is 2.44. The van der Waals surface area contributed by atoms with Crippen molar-refractivity contribution in [1.82, 2.24) is 15.0 Å². The van der Waals surface area contributed by atoms with E-state index in [9.17, 15) is 0 Å². The van der Waals surface area contributed by atoms with Gasteiger partial charge in [0.1, 0.15) is 22.3 Å². The van der Waals surface area contributed by atoms with Gasteiger partial charge in [-0.1, -0.05) is 127 Å². The zero-order valence-electron chi connectivity index (χ0n) is 27.7. The molecule has 52 heavy (non-hydrogen) atoms. The molecule has 11 aromatic rings. The molecule has 0 aliphatic carbocycles. The van der Waals surface area contributed by atoms with Crippen LogP contribution >= 0.6 is 0 Å². The van der Waals surface area contributed by atoms with Crippen molar-refractivity contribution in [2.45, 2.75) is 0 Å². The van der Waals surface area contributed by atoms with E-state index in [0.717, 1.165) is 105 Å². The van der Waals surface area contributed by atoms with Gasteiger partial charge in [-0.2, -0.15) is 0 Å². The van der Waals surface area contributed by atoms with Crippen molar-refractivity contribution in [3.05, 3.63) is 164 Å². The van der Waals surface area contributed by atoms with Gasteiger partial charge in [-0.15, -0.1) is 0 Å². The second-order valence-corrected chi connectivity index (χ2v) is 13.1. The number of hydrogen-bond donors (Lipinski definition) is 0. The molecule has 7 aromatic carbocycles. The van der Waals surface area contributed by atoms with E-state index < -0.39 is 0 Å². The molecule has 0 fully saturated rings. The third-order valence-electron chi connectivity index (χ3n) is 10.1. The lowest BCUT2D eigenvalue weighted by Gasteiger charge is -2.15. The molecule has 0 saturated carbocycles. The zero-order chi connectivity index (χ0) is 34.2.